The molecule has 0 aliphatic carbocycles. The fourth-order valence-corrected chi connectivity index (χ4v) is 15.4. The minimum absolute atomic E-state index is 0. The topological polar surface area (TPSA) is 283 Å². The van der Waals surface area contributed by atoms with Gasteiger partial charge in [-0.25, -0.2) is 62.5 Å². The summed E-state index contributed by atoms with van der Waals surface area (Å²) in [5.41, 5.74) is 8.51. The molecule has 3 aromatic heterocycles. The molecule has 0 saturated carbocycles. The summed E-state index contributed by atoms with van der Waals surface area (Å²) in [5, 5.41) is 0. The normalized spacial score (nSPS) is 12.7. The third-order valence-corrected chi connectivity index (χ3v) is 22.8. The van der Waals surface area contributed by atoms with E-state index in [0.29, 0.717) is 116 Å². The van der Waals surface area contributed by atoms with Crippen LogP contribution in [0.1, 0.15) is 78.2 Å². The fraction of sp³-hybridized carbons (Fsp3) is 0.353. The van der Waals surface area contributed by atoms with Crippen LogP contribution in [-0.2, 0) is 57.2 Å². The van der Waals surface area contributed by atoms with Gasteiger partial charge in [-0.1, -0.05) is 128 Å². The van der Waals surface area contributed by atoms with Crippen molar-refractivity contribution in [3.05, 3.63) is 144 Å². The van der Waals surface area contributed by atoms with Gasteiger partial charge >= 0.3 is 17.1 Å². The van der Waals surface area contributed by atoms with Gasteiger partial charge in [-0.3, -0.25) is 0 Å². The van der Waals surface area contributed by atoms with Crippen molar-refractivity contribution in [3.63, 3.8) is 0 Å². The Hall–Kier alpha value is -6.56. The van der Waals surface area contributed by atoms with Crippen LogP contribution in [0.3, 0.4) is 0 Å². The van der Waals surface area contributed by atoms with Crippen LogP contribution >= 0.6 is 0 Å². The number of rotatable bonds is 32. The molecule has 26 heteroatoms. The van der Waals surface area contributed by atoms with E-state index in [4.69, 9.17) is 19.9 Å². The van der Waals surface area contributed by atoms with Gasteiger partial charge in [-0.15, -0.1) is 22.1 Å². The van der Waals surface area contributed by atoms with Gasteiger partial charge in [-0.05, 0) is 170 Å². The summed E-state index contributed by atoms with van der Waals surface area (Å²) in [7, 11) is -15.6. The first-order valence-corrected chi connectivity index (χ1v) is 37.5. The second-order valence-corrected chi connectivity index (χ2v) is 29.2. The van der Waals surface area contributed by atoms with Crippen molar-refractivity contribution in [2.24, 2.45) is 0 Å². The zero-order valence-electron chi connectivity index (χ0n) is 54.5. The van der Waals surface area contributed by atoms with Gasteiger partial charge in [0.05, 0.1) is 42.4 Å². The Labute approximate surface area is 565 Å². The van der Waals surface area contributed by atoms with E-state index in [2.05, 4.69) is 38.5 Å². The maximum Gasteiger partial charge on any atom is 2.00 e. The molecule has 0 unspecified atom stereocenters. The summed E-state index contributed by atoms with van der Waals surface area (Å²) < 4.78 is 121. The molecule has 0 amide bonds. The van der Waals surface area contributed by atoms with E-state index in [-0.39, 0.29) is 68.3 Å². The first-order valence-electron chi connectivity index (χ1n) is 31.5. The molecule has 7 aromatic rings. The number of likely N-dealkylation sites (N-methyl/N-ethyl adjacent to an activating group) is 4. The Morgan fingerprint density at radius 1 is 0.309 bits per heavy atom. The molecule has 94 heavy (non-hydrogen) atoms. The average molecular weight is 1400 g/mol. The van der Waals surface area contributed by atoms with E-state index < -0.39 is 40.1 Å². The minimum atomic E-state index is -3.91. The predicted octanol–water partition coefficient (Wildman–Crippen LogP) is 8.24. The van der Waals surface area contributed by atoms with Crippen molar-refractivity contribution in [2.75, 3.05) is 105 Å². The van der Waals surface area contributed by atoms with Gasteiger partial charge in [0.1, 0.15) is 0 Å². The molecule has 8 bridgehead atoms. The number of hydrogen-bond acceptors (Lipinski definition) is 14. The Morgan fingerprint density at radius 3 is 0.660 bits per heavy atom. The molecule has 503 valence electrons. The zero-order valence-corrected chi connectivity index (χ0v) is 59.0. The van der Waals surface area contributed by atoms with Gasteiger partial charge in [0, 0.05) is 52.4 Å². The minimum Gasteiger partial charge on any atom is -0.657 e. The third-order valence-electron chi connectivity index (χ3n) is 16.9. The maximum absolute atomic E-state index is 13.8. The van der Waals surface area contributed by atoms with E-state index in [1.807, 2.05) is 104 Å². The summed E-state index contributed by atoms with van der Waals surface area (Å²) in [6.07, 6.45) is 7.43. The number of benzene rings is 4. The SMILES string of the molecule is CCN(CC)CCNS(=O)(=O)c1ccc(-c2c3nc(c(-c4ccc(S(=O)(=O)NCCN(CC)CC)cc4)c4ccc([n-]4)c(-c4ccc(S(=O)(=O)NCCN(CC)CC)cc4)c4nc(c(-c5ccc(S(=O)(=O)NCCN(CC)CC)cc5)c5ccc2[n-]5)C=C4)C=C3)cc1.O.[Mn+2]. The Bertz CT molecular complexity index is 3860. The van der Waals surface area contributed by atoms with Gasteiger partial charge in [0.2, 0.25) is 40.1 Å². The monoisotopic (exact) mass is 1400 g/mol. The van der Waals surface area contributed by atoms with Crippen LogP contribution in [0.15, 0.2) is 141 Å². The van der Waals surface area contributed by atoms with Crippen LogP contribution in [0, 0.1) is 0 Å². The molecule has 6 N–H and O–H groups in total. The molecule has 0 fully saturated rings. The molecule has 21 nitrogen and oxygen atoms in total. The van der Waals surface area contributed by atoms with Gasteiger partial charge in [0.15, 0.2) is 0 Å². The van der Waals surface area contributed by atoms with Crippen molar-refractivity contribution in [1.29, 1.82) is 0 Å². The first kappa shape index (κ1) is 74.8. The Balaban J connectivity index is 0.00000625. The van der Waals surface area contributed by atoms with Crippen molar-refractivity contribution < 1.29 is 56.2 Å². The summed E-state index contributed by atoms with van der Waals surface area (Å²) in [6.45, 7) is 25.6. The Kier molecular flexibility index (Phi) is 26.6. The van der Waals surface area contributed by atoms with Crippen molar-refractivity contribution in [1.82, 2.24) is 58.4 Å². The zero-order chi connectivity index (χ0) is 65.8. The smallest absolute Gasteiger partial charge is 0.657 e. The summed E-state index contributed by atoms with van der Waals surface area (Å²) in [4.78, 5) is 30.2. The quantitative estimate of drug-likeness (QED) is 0.0289. The Morgan fingerprint density at radius 2 is 0.489 bits per heavy atom. The first-order chi connectivity index (χ1) is 44.2. The van der Waals surface area contributed by atoms with Crippen LogP contribution in [-0.4, -0.2) is 173 Å². The number of fused-ring (bicyclic) bond motifs is 8. The summed E-state index contributed by atoms with van der Waals surface area (Å²) in [6, 6.07) is 33.7. The van der Waals surface area contributed by atoms with E-state index in [1.54, 1.807) is 97.1 Å². The molecule has 9 rings (SSSR count). The second kappa shape index (κ2) is 33.4. The number of nitrogens with one attached hydrogen (secondary N) is 4. The average Bonchev–Trinajstić information content (AvgIpc) is 1.59. The van der Waals surface area contributed by atoms with Gasteiger partial charge in [0.25, 0.3) is 0 Å². The molecule has 0 spiro atoms. The van der Waals surface area contributed by atoms with E-state index in [9.17, 15) is 33.7 Å². The number of hydrogen-bond donors (Lipinski definition) is 4. The molecule has 2 aliphatic rings. The van der Waals surface area contributed by atoms with Crippen molar-refractivity contribution in [2.45, 2.75) is 75.0 Å². The standard InChI is InChI=1S/C68H84N12O8S4.Mn.H2O/c1-9-77(10-2)45-41-69-89(81,82)53-25-17-49(18-26-53)65-57-33-35-59(73-57)66(50-19-27-54(28-20-50)90(83,84)70-42-46-78(11-3)12-4)61-37-39-63(75-61)68(52-23-31-56(32-24-52)92(87,88)72-44-48-80(15-7)16-8)64-40-38-62(76-64)67(60-36-34-58(65)74-60)51-21-29-55(30-22-51)91(85,86)71-43-47-79(13-5)14-6;;/h17-40,69-72H,9-16,41-48H2,1-8H3;;1H2/q-2;+2;. The second-order valence-electron chi connectivity index (χ2n) is 22.2. The predicted molar refractivity (Wildman–Crippen MR) is 374 cm³/mol. The van der Waals surface area contributed by atoms with Crippen LogP contribution in [0.2, 0.25) is 0 Å². The van der Waals surface area contributed by atoms with Gasteiger partial charge < -0.3 is 35.0 Å². The summed E-state index contributed by atoms with van der Waals surface area (Å²) >= 11 is 0. The molecular formula is C68H86MnN12O9S4. The van der Waals surface area contributed by atoms with E-state index >= 15 is 0 Å². The van der Waals surface area contributed by atoms with Crippen molar-refractivity contribution in [3.8, 4) is 44.5 Å². The van der Waals surface area contributed by atoms with Gasteiger partial charge in [-0.2, -0.15) is 0 Å². The largest absolute Gasteiger partial charge is 2.00 e. The third kappa shape index (κ3) is 17.7. The van der Waals surface area contributed by atoms with Crippen LogP contribution < -0.4 is 28.9 Å². The van der Waals surface area contributed by atoms with Crippen LogP contribution in [0.25, 0.3) is 90.9 Å². The number of aromatic nitrogens is 4. The fourth-order valence-electron chi connectivity index (χ4n) is 11.3. The van der Waals surface area contributed by atoms with Crippen molar-refractivity contribution >= 4 is 86.5 Å². The molecule has 5 heterocycles. The number of nitrogens with zero attached hydrogens (tertiary/aromatic N) is 8. The summed E-state index contributed by atoms with van der Waals surface area (Å²) in [5.74, 6) is 0. The van der Waals surface area contributed by atoms with Crippen LogP contribution in [0.4, 0.5) is 0 Å². The maximum atomic E-state index is 13.8. The van der Waals surface area contributed by atoms with E-state index in [1.165, 1.54) is 0 Å². The molecule has 4 aromatic carbocycles. The van der Waals surface area contributed by atoms with E-state index in [0.717, 1.165) is 52.4 Å². The molecule has 2 aliphatic heterocycles. The molecule has 0 saturated heterocycles. The van der Waals surface area contributed by atoms with Crippen LogP contribution in [0.5, 0.6) is 0 Å². The molecule has 0 atom stereocenters. The molecular weight excluding hydrogens is 1310 g/mol. The number of sulfonamides is 4. The molecule has 1 radical (unpaired) electrons.